The first-order valence-electron chi connectivity index (χ1n) is 8.32. The van der Waals surface area contributed by atoms with E-state index < -0.39 is 0 Å². The van der Waals surface area contributed by atoms with Gasteiger partial charge in [-0.15, -0.1) is 0 Å². The van der Waals surface area contributed by atoms with Crippen molar-refractivity contribution in [3.05, 3.63) is 78.0 Å². The van der Waals surface area contributed by atoms with Gasteiger partial charge in [0.25, 0.3) is 5.91 Å². The number of amides is 1. The Morgan fingerprint density at radius 2 is 1.88 bits per heavy atom. The Balaban J connectivity index is 1.63. The Bertz CT molecular complexity index is 875. The SMILES string of the molecule is COc1ccc(-c2cccc(C(=O)NCCc3ccc(O)cc3)c2)cn1. The number of carbonyl (C=O) groups is 1. The van der Waals surface area contributed by atoms with Crippen LogP contribution >= 0.6 is 0 Å². The van der Waals surface area contributed by atoms with E-state index >= 15 is 0 Å². The lowest BCUT2D eigenvalue weighted by Gasteiger charge is -2.08. The molecule has 0 aliphatic rings. The molecule has 0 unspecified atom stereocenters. The molecule has 0 saturated carbocycles. The monoisotopic (exact) mass is 348 g/mol. The molecule has 5 heteroatoms. The number of phenols is 1. The summed E-state index contributed by atoms with van der Waals surface area (Å²) in [4.78, 5) is 16.6. The van der Waals surface area contributed by atoms with Crippen molar-refractivity contribution in [1.82, 2.24) is 10.3 Å². The number of carbonyl (C=O) groups excluding carboxylic acids is 1. The van der Waals surface area contributed by atoms with Crippen LogP contribution in [0.3, 0.4) is 0 Å². The van der Waals surface area contributed by atoms with Crippen LogP contribution in [-0.4, -0.2) is 29.7 Å². The first kappa shape index (κ1) is 17.5. The third-order valence-electron chi connectivity index (χ3n) is 4.04. The van der Waals surface area contributed by atoms with E-state index in [1.165, 1.54) is 0 Å². The molecule has 3 rings (SSSR count). The van der Waals surface area contributed by atoms with E-state index in [9.17, 15) is 9.90 Å². The molecule has 1 aromatic heterocycles. The van der Waals surface area contributed by atoms with Crippen LogP contribution in [-0.2, 0) is 6.42 Å². The lowest BCUT2D eigenvalue weighted by molar-refractivity contribution is 0.0954. The maximum atomic E-state index is 12.4. The van der Waals surface area contributed by atoms with Crippen molar-refractivity contribution in [2.45, 2.75) is 6.42 Å². The summed E-state index contributed by atoms with van der Waals surface area (Å²) in [5, 5.41) is 12.2. The lowest BCUT2D eigenvalue weighted by atomic mass is 10.0. The zero-order valence-corrected chi connectivity index (χ0v) is 14.5. The first-order valence-corrected chi connectivity index (χ1v) is 8.32. The minimum atomic E-state index is -0.118. The van der Waals surface area contributed by atoms with Crippen molar-refractivity contribution >= 4 is 5.91 Å². The molecule has 26 heavy (non-hydrogen) atoms. The third kappa shape index (κ3) is 4.39. The predicted octanol–water partition coefficient (Wildman–Crippen LogP) is 3.44. The summed E-state index contributed by atoms with van der Waals surface area (Å²) in [5.41, 5.74) is 3.50. The van der Waals surface area contributed by atoms with Gasteiger partial charge in [0, 0.05) is 29.9 Å². The molecule has 0 aliphatic carbocycles. The van der Waals surface area contributed by atoms with Crippen LogP contribution in [0.2, 0.25) is 0 Å². The van der Waals surface area contributed by atoms with Crippen molar-refractivity contribution < 1.29 is 14.6 Å². The van der Waals surface area contributed by atoms with Gasteiger partial charge in [0.2, 0.25) is 5.88 Å². The summed E-state index contributed by atoms with van der Waals surface area (Å²) in [6, 6.07) is 18.1. The van der Waals surface area contributed by atoms with Crippen LogP contribution in [0, 0.1) is 0 Å². The molecule has 0 bridgehead atoms. The van der Waals surface area contributed by atoms with Gasteiger partial charge in [-0.1, -0.05) is 24.3 Å². The zero-order valence-electron chi connectivity index (χ0n) is 14.5. The number of nitrogens with one attached hydrogen (secondary N) is 1. The van der Waals surface area contributed by atoms with Crippen LogP contribution < -0.4 is 10.1 Å². The van der Waals surface area contributed by atoms with E-state index in [4.69, 9.17) is 4.74 Å². The lowest BCUT2D eigenvalue weighted by Crippen LogP contribution is -2.25. The molecule has 0 spiro atoms. The number of hydrogen-bond acceptors (Lipinski definition) is 4. The highest BCUT2D eigenvalue weighted by atomic mass is 16.5. The highest BCUT2D eigenvalue weighted by molar-refractivity contribution is 5.95. The number of aromatic nitrogens is 1. The molecule has 0 atom stereocenters. The maximum absolute atomic E-state index is 12.4. The van der Waals surface area contributed by atoms with Crippen molar-refractivity contribution in [1.29, 1.82) is 0 Å². The van der Waals surface area contributed by atoms with Crippen molar-refractivity contribution in [3.8, 4) is 22.8 Å². The fraction of sp³-hybridized carbons (Fsp3) is 0.143. The average molecular weight is 348 g/mol. The molecule has 3 aromatic rings. The minimum absolute atomic E-state index is 0.118. The number of hydrogen-bond donors (Lipinski definition) is 2. The zero-order chi connectivity index (χ0) is 18.4. The molecular formula is C21H20N2O3. The number of pyridine rings is 1. The van der Waals surface area contributed by atoms with Crippen molar-refractivity contribution in [2.24, 2.45) is 0 Å². The van der Waals surface area contributed by atoms with Crippen LogP contribution in [0.5, 0.6) is 11.6 Å². The molecule has 1 amide bonds. The topological polar surface area (TPSA) is 71.5 Å². The second kappa shape index (κ2) is 8.16. The fourth-order valence-electron chi connectivity index (χ4n) is 2.60. The Kier molecular flexibility index (Phi) is 5.49. The quantitative estimate of drug-likeness (QED) is 0.716. The van der Waals surface area contributed by atoms with E-state index in [1.807, 2.05) is 36.4 Å². The molecule has 132 valence electrons. The van der Waals surface area contributed by atoms with Gasteiger partial charge in [0.05, 0.1) is 7.11 Å². The minimum Gasteiger partial charge on any atom is -0.508 e. The summed E-state index contributed by atoms with van der Waals surface area (Å²) in [6.07, 6.45) is 2.43. The molecule has 0 aliphatic heterocycles. The average Bonchev–Trinajstić information content (AvgIpc) is 2.69. The van der Waals surface area contributed by atoms with E-state index in [2.05, 4.69) is 10.3 Å². The summed E-state index contributed by atoms with van der Waals surface area (Å²) in [7, 11) is 1.57. The van der Waals surface area contributed by atoms with Gasteiger partial charge in [-0.25, -0.2) is 4.98 Å². The van der Waals surface area contributed by atoms with Gasteiger partial charge < -0.3 is 15.2 Å². The number of benzene rings is 2. The fourth-order valence-corrected chi connectivity index (χ4v) is 2.60. The van der Waals surface area contributed by atoms with Gasteiger partial charge in [-0.2, -0.15) is 0 Å². The van der Waals surface area contributed by atoms with Crippen molar-refractivity contribution in [2.75, 3.05) is 13.7 Å². The van der Waals surface area contributed by atoms with Crippen LogP contribution in [0.1, 0.15) is 15.9 Å². The number of phenolic OH excluding ortho intramolecular Hbond substituents is 1. The standard InChI is InChI=1S/C21H20N2O3/c1-26-20-10-7-18(14-23-20)16-3-2-4-17(13-16)21(25)22-12-11-15-5-8-19(24)9-6-15/h2-10,13-14,24H,11-12H2,1H3,(H,22,25). The molecule has 5 nitrogen and oxygen atoms in total. The van der Waals surface area contributed by atoms with Gasteiger partial charge in [-0.05, 0) is 47.9 Å². The first-order chi connectivity index (χ1) is 12.7. The Labute approximate surface area is 152 Å². The highest BCUT2D eigenvalue weighted by Gasteiger charge is 2.07. The summed E-state index contributed by atoms with van der Waals surface area (Å²) < 4.78 is 5.07. The summed E-state index contributed by atoms with van der Waals surface area (Å²) in [6.45, 7) is 0.526. The second-order valence-corrected chi connectivity index (χ2v) is 5.84. The third-order valence-corrected chi connectivity index (χ3v) is 4.04. The van der Waals surface area contributed by atoms with Gasteiger partial charge in [0.15, 0.2) is 0 Å². The van der Waals surface area contributed by atoms with Crippen LogP contribution in [0.25, 0.3) is 11.1 Å². The number of nitrogens with zero attached hydrogens (tertiary/aromatic N) is 1. The van der Waals surface area contributed by atoms with Gasteiger partial charge in [0.1, 0.15) is 5.75 Å². The normalized spacial score (nSPS) is 10.3. The Hall–Kier alpha value is -3.34. The van der Waals surface area contributed by atoms with Gasteiger partial charge in [-0.3, -0.25) is 4.79 Å². The van der Waals surface area contributed by atoms with E-state index in [0.717, 1.165) is 16.7 Å². The Morgan fingerprint density at radius 3 is 2.58 bits per heavy atom. The molecule has 2 aromatic carbocycles. The Morgan fingerprint density at radius 1 is 1.08 bits per heavy atom. The number of ether oxygens (including phenoxy) is 1. The maximum Gasteiger partial charge on any atom is 0.251 e. The summed E-state index contributed by atoms with van der Waals surface area (Å²) >= 11 is 0. The largest absolute Gasteiger partial charge is 0.508 e. The molecule has 0 radical (unpaired) electrons. The number of aromatic hydroxyl groups is 1. The molecule has 0 saturated heterocycles. The second-order valence-electron chi connectivity index (χ2n) is 5.84. The van der Waals surface area contributed by atoms with E-state index in [1.54, 1.807) is 37.6 Å². The number of rotatable bonds is 6. The molecular weight excluding hydrogens is 328 g/mol. The van der Waals surface area contributed by atoms with E-state index in [0.29, 0.717) is 24.4 Å². The summed E-state index contributed by atoms with van der Waals surface area (Å²) in [5.74, 6) is 0.673. The highest BCUT2D eigenvalue weighted by Crippen LogP contribution is 2.21. The predicted molar refractivity (Wildman–Crippen MR) is 100 cm³/mol. The number of methoxy groups -OCH3 is 1. The molecule has 2 N–H and O–H groups in total. The van der Waals surface area contributed by atoms with Gasteiger partial charge >= 0.3 is 0 Å². The van der Waals surface area contributed by atoms with Crippen LogP contribution in [0.4, 0.5) is 0 Å². The van der Waals surface area contributed by atoms with Crippen molar-refractivity contribution in [3.63, 3.8) is 0 Å². The van der Waals surface area contributed by atoms with E-state index in [-0.39, 0.29) is 11.7 Å². The molecule has 1 heterocycles. The smallest absolute Gasteiger partial charge is 0.251 e. The molecule has 0 fully saturated rings. The van der Waals surface area contributed by atoms with Crippen LogP contribution in [0.15, 0.2) is 66.9 Å².